The van der Waals surface area contributed by atoms with E-state index < -0.39 is 5.54 Å². The van der Waals surface area contributed by atoms with E-state index in [1.165, 1.54) is 7.11 Å². The fourth-order valence-electron chi connectivity index (χ4n) is 1.60. The molecule has 0 spiro atoms. The lowest BCUT2D eigenvalue weighted by atomic mass is 9.97. The van der Waals surface area contributed by atoms with Crippen LogP contribution in [0.3, 0.4) is 0 Å². The first-order valence-electron chi connectivity index (χ1n) is 5.99. The molecule has 0 bridgehead atoms. The predicted molar refractivity (Wildman–Crippen MR) is 70.4 cm³/mol. The lowest BCUT2D eigenvalue weighted by Gasteiger charge is -2.26. The van der Waals surface area contributed by atoms with E-state index in [-0.39, 0.29) is 18.5 Å². The summed E-state index contributed by atoms with van der Waals surface area (Å²) >= 11 is 0. The fraction of sp³-hybridized carbons (Fsp3) is 0.500. The molecule has 4 nitrogen and oxygen atoms in total. The van der Waals surface area contributed by atoms with E-state index in [1.54, 1.807) is 0 Å². The van der Waals surface area contributed by atoms with E-state index in [4.69, 9.17) is 4.74 Å². The first kappa shape index (κ1) is 14.7. The van der Waals surface area contributed by atoms with Crippen molar-refractivity contribution >= 4 is 5.97 Å². The van der Waals surface area contributed by atoms with Gasteiger partial charge in [0, 0.05) is 12.1 Å². The first-order chi connectivity index (χ1) is 8.50. The summed E-state index contributed by atoms with van der Waals surface area (Å²) in [5, 5.41) is 12.4. The lowest BCUT2D eigenvalue weighted by molar-refractivity contribution is -0.142. The van der Waals surface area contributed by atoms with Crippen molar-refractivity contribution in [3.8, 4) is 0 Å². The topological polar surface area (TPSA) is 58.6 Å². The number of nitrogens with one attached hydrogen (secondary N) is 1. The molecule has 1 aromatic carbocycles. The number of methoxy groups -OCH3 is 1. The summed E-state index contributed by atoms with van der Waals surface area (Å²) in [7, 11) is 1.38. The minimum absolute atomic E-state index is 0.00961. The summed E-state index contributed by atoms with van der Waals surface area (Å²) in [6.07, 6.45) is 0. The number of esters is 1. The Labute approximate surface area is 108 Å². The molecule has 100 valence electrons. The van der Waals surface area contributed by atoms with Crippen molar-refractivity contribution in [2.75, 3.05) is 20.3 Å². The minimum atomic E-state index is -0.416. The largest absolute Gasteiger partial charge is 0.469 e. The van der Waals surface area contributed by atoms with Gasteiger partial charge in [-0.3, -0.25) is 4.79 Å². The number of ether oxygens (including phenoxy) is 1. The monoisotopic (exact) mass is 251 g/mol. The van der Waals surface area contributed by atoms with E-state index in [0.29, 0.717) is 6.54 Å². The van der Waals surface area contributed by atoms with Crippen LogP contribution in [0.1, 0.15) is 25.3 Å². The highest BCUT2D eigenvalue weighted by Crippen LogP contribution is 2.17. The Bertz CT molecular complexity index is 376. The second-order valence-corrected chi connectivity index (χ2v) is 4.91. The number of hydrogen-bond donors (Lipinski definition) is 2. The van der Waals surface area contributed by atoms with Gasteiger partial charge in [-0.25, -0.2) is 0 Å². The van der Waals surface area contributed by atoms with Gasteiger partial charge in [0.15, 0.2) is 0 Å². The summed E-state index contributed by atoms with van der Waals surface area (Å²) in [5.41, 5.74) is 0.492. The Morgan fingerprint density at radius 1 is 1.39 bits per heavy atom. The molecular weight excluding hydrogens is 230 g/mol. The average molecular weight is 251 g/mol. The third kappa shape index (κ3) is 4.13. The van der Waals surface area contributed by atoms with Crippen LogP contribution in [0, 0.1) is 0 Å². The molecule has 0 aliphatic rings. The third-order valence-electron chi connectivity index (χ3n) is 2.87. The molecule has 0 aliphatic heterocycles. The van der Waals surface area contributed by atoms with Crippen LogP contribution in [-0.2, 0) is 9.53 Å². The summed E-state index contributed by atoms with van der Waals surface area (Å²) < 4.78 is 4.82. The van der Waals surface area contributed by atoms with Gasteiger partial charge in [0.25, 0.3) is 0 Å². The molecule has 0 aliphatic carbocycles. The first-order valence-corrected chi connectivity index (χ1v) is 5.99. The number of aliphatic hydroxyl groups is 1. The molecule has 0 saturated heterocycles. The molecule has 1 aromatic rings. The summed E-state index contributed by atoms with van der Waals surface area (Å²) in [4.78, 5) is 11.8. The van der Waals surface area contributed by atoms with Crippen LogP contribution in [0.25, 0.3) is 0 Å². The van der Waals surface area contributed by atoms with Crippen LogP contribution in [-0.4, -0.2) is 36.9 Å². The number of benzene rings is 1. The standard InChI is InChI=1S/C14H21NO3/c1-14(2,10-16)15-9-12(13(17)18-3)11-7-5-4-6-8-11/h4-8,12,15-16H,9-10H2,1-3H3. The molecule has 1 rings (SSSR count). The van der Waals surface area contributed by atoms with Gasteiger partial charge in [-0.05, 0) is 19.4 Å². The van der Waals surface area contributed by atoms with Gasteiger partial charge in [0.05, 0.1) is 19.6 Å². The van der Waals surface area contributed by atoms with Gasteiger partial charge < -0.3 is 15.2 Å². The summed E-state index contributed by atoms with van der Waals surface area (Å²) in [5.74, 6) is -0.635. The maximum Gasteiger partial charge on any atom is 0.314 e. The van der Waals surface area contributed by atoms with Crippen LogP contribution in [0.2, 0.25) is 0 Å². The molecule has 1 atom stereocenters. The molecule has 0 heterocycles. The number of rotatable bonds is 6. The Kier molecular flexibility index (Phi) is 5.31. The van der Waals surface area contributed by atoms with E-state index in [0.717, 1.165) is 5.56 Å². The van der Waals surface area contributed by atoms with E-state index in [1.807, 2.05) is 44.2 Å². The Morgan fingerprint density at radius 2 is 2.00 bits per heavy atom. The zero-order valence-corrected chi connectivity index (χ0v) is 11.1. The number of carbonyl (C=O) groups excluding carboxylic acids is 1. The van der Waals surface area contributed by atoms with Crippen molar-refractivity contribution in [2.24, 2.45) is 0 Å². The van der Waals surface area contributed by atoms with E-state index >= 15 is 0 Å². The van der Waals surface area contributed by atoms with Crippen LogP contribution < -0.4 is 5.32 Å². The molecule has 4 heteroatoms. The van der Waals surface area contributed by atoms with Gasteiger partial charge in [-0.1, -0.05) is 30.3 Å². The zero-order valence-electron chi connectivity index (χ0n) is 11.1. The van der Waals surface area contributed by atoms with Crippen LogP contribution >= 0.6 is 0 Å². The second kappa shape index (κ2) is 6.52. The van der Waals surface area contributed by atoms with Crippen molar-refractivity contribution in [3.05, 3.63) is 35.9 Å². The normalized spacial score (nSPS) is 13.1. The summed E-state index contributed by atoms with van der Waals surface area (Å²) in [6, 6.07) is 9.48. The second-order valence-electron chi connectivity index (χ2n) is 4.91. The molecule has 18 heavy (non-hydrogen) atoms. The van der Waals surface area contributed by atoms with Crippen molar-refractivity contribution in [1.82, 2.24) is 5.32 Å². The molecule has 0 saturated carbocycles. The van der Waals surface area contributed by atoms with Gasteiger partial charge in [-0.15, -0.1) is 0 Å². The van der Waals surface area contributed by atoms with Gasteiger partial charge >= 0.3 is 5.97 Å². The predicted octanol–water partition coefficient (Wildman–Crippen LogP) is 1.30. The quantitative estimate of drug-likeness (QED) is 0.748. The number of aliphatic hydroxyl groups excluding tert-OH is 1. The molecular formula is C14H21NO3. The zero-order chi connectivity index (χ0) is 13.6. The van der Waals surface area contributed by atoms with Crippen LogP contribution in [0.15, 0.2) is 30.3 Å². The molecule has 0 amide bonds. The number of carbonyl (C=O) groups is 1. The molecule has 0 fully saturated rings. The molecule has 1 unspecified atom stereocenters. The molecule has 0 aromatic heterocycles. The highest BCUT2D eigenvalue weighted by atomic mass is 16.5. The smallest absolute Gasteiger partial charge is 0.314 e. The molecule has 0 radical (unpaired) electrons. The van der Waals surface area contributed by atoms with Crippen LogP contribution in [0.4, 0.5) is 0 Å². The van der Waals surface area contributed by atoms with E-state index in [9.17, 15) is 9.90 Å². The molecule has 2 N–H and O–H groups in total. The van der Waals surface area contributed by atoms with Crippen LogP contribution in [0.5, 0.6) is 0 Å². The van der Waals surface area contributed by atoms with E-state index in [2.05, 4.69) is 5.32 Å². The fourth-order valence-corrected chi connectivity index (χ4v) is 1.60. The third-order valence-corrected chi connectivity index (χ3v) is 2.87. The Balaban J connectivity index is 2.78. The van der Waals surface area contributed by atoms with Crippen molar-refractivity contribution in [1.29, 1.82) is 0 Å². The Hall–Kier alpha value is -1.39. The SMILES string of the molecule is COC(=O)C(CNC(C)(C)CO)c1ccccc1. The van der Waals surface area contributed by atoms with Crippen molar-refractivity contribution in [2.45, 2.75) is 25.3 Å². The van der Waals surface area contributed by atoms with Gasteiger partial charge in [0.2, 0.25) is 0 Å². The highest BCUT2D eigenvalue weighted by Gasteiger charge is 2.24. The Morgan fingerprint density at radius 3 is 2.50 bits per heavy atom. The van der Waals surface area contributed by atoms with Crippen molar-refractivity contribution in [3.63, 3.8) is 0 Å². The minimum Gasteiger partial charge on any atom is -0.469 e. The maximum atomic E-state index is 11.8. The summed E-state index contributed by atoms with van der Waals surface area (Å²) in [6.45, 7) is 4.21. The highest BCUT2D eigenvalue weighted by molar-refractivity contribution is 5.78. The van der Waals surface area contributed by atoms with Gasteiger partial charge in [-0.2, -0.15) is 0 Å². The number of hydrogen-bond acceptors (Lipinski definition) is 4. The van der Waals surface area contributed by atoms with Crippen molar-refractivity contribution < 1.29 is 14.6 Å². The average Bonchev–Trinajstić information content (AvgIpc) is 2.39. The van der Waals surface area contributed by atoms with Gasteiger partial charge in [0.1, 0.15) is 0 Å². The lowest BCUT2D eigenvalue weighted by Crippen LogP contribution is -2.45. The maximum absolute atomic E-state index is 11.8.